The number of hydrogen-bond donors (Lipinski definition) is 2. The van der Waals surface area contributed by atoms with E-state index in [0.717, 1.165) is 19.4 Å². The van der Waals surface area contributed by atoms with Crippen molar-refractivity contribution < 1.29 is 4.79 Å². The summed E-state index contributed by atoms with van der Waals surface area (Å²) in [6, 6.07) is -0.0437. The molecule has 1 unspecified atom stereocenters. The molecule has 0 spiro atoms. The highest BCUT2D eigenvalue weighted by atomic mass is 16.1. The highest BCUT2D eigenvalue weighted by Crippen LogP contribution is 2.05. The molecule has 10 heavy (non-hydrogen) atoms. The molecule has 1 saturated heterocycles. The molecule has 0 aromatic rings. The number of carbonyl (C=O) groups is 1. The van der Waals surface area contributed by atoms with Crippen LogP contribution in [0.3, 0.4) is 0 Å². The molecule has 1 heterocycles. The smallest absolute Gasteiger partial charge is 0.181 e. The Kier molecular flexibility index (Phi) is 2.37. The Morgan fingerprint density at radius 2 is 2.60 bits per heavy atom. The Balaban J connectivity index is 2.47. The third-order valence-corrected chi connectivity index (χ3v) is 1.62. The Labute approximate surface area is 59.6 Å². The quantitative estimate of drug-likeness (QED) is 0.420. The van der Waals surface area contributed by atoms with Crippen LogP contribution in [0.1, 0.15) is 12.8 Å². The molecule has 1 aliphatic heterocycles. The monoisotopic (exact) mass is 138 g/mol. The summed E-state index contributed by atoms with van der Waals surface area (Å²) >= 11 is 0. The maximum atomic E-state index is 10.9. The van der Waals surface area contributed by atoms with Crippen LogP contribution in [-0.2, 0) is 4.79 Å². The zero-order chi connectivity index (χ0) is 7.40. The summed E-state index contributed by atoms with van der Waals surface area (Å²) in [5.74, 6) is 1.96. The first-order valence-electron chi connectivity index (χ1n) is 3.37. The predicted molar refractivity (Wildman–Crippen MR) is 38.3 cm³/mol. The predicted octanol–water partition coefficient (Wildman–Crippen LogP) is 0.112. The SMILES string of the molecule is N=C=CC(=O)C1CCCN1. The first-order valence-corrected chi connectivity index (χ1v) is 3.37. The molecule has 0 amide bonds. The molecule has 0 saturated carbocycles. The van der Waals surface area contributed by atoms with E-state index in [1.54, 1.807) is 0 Å². The number of carbonyl (C=O) groups excluding carboxylic acids is 1. The van der Waals surface area contributed by atoms with Crippen molar-refractivity contribution in [3.8, 4) is 0 Å². The summed E-state index contributed by atoms with van der Waals surface area (Å²) in [6.07, 6.45) is 3.14. The standard InChI is InChI=1S/C7H10N2O/c8-4-3-7(10)6-2-1-5-9-6/h3,6,8-9H,1-2,5H2. The van der Waals surface area contributed by atoms with E-state index in [1.807, 2.05) is 5.87 Å². The Morgan fingerprint density at radius 1 is 1.80 bits per heavy atom. The van der Waals surface area contributed by atoms with Gasteiger partial charge in [0.25, 0.3) is 0 Å². The summed E-state index contributed by atoms with van der Waals surface area (Å²) in [7, 11) is 0. The van der Waals surface area contributed by atoms with Gasteiger partial charge in [-0.15, -0.1) is 0 Å². The summed E-state index contributed by atoms with van der Waals surface area (Å²) < 4.78 is 0. The molecule has 3 heteroatoms. The normalized spacial score (nSPS) is 23.8. The Bertz CT molecular complexity index is 176. The van der Waals surface area contributed by atoms with Crippen molar-refractivity contribution in [1.82, 2.24) is 5.32 Å². The van der Waals surface area contributed by atoms with E-state index in [9.17, 15) is 4.79 Å². The van der Waals surface area contributed by atoms with Crippen LogP contribution in [0.15, 0.2) is 6.08 Å². The van der Waals surface area contributed by atoms with Gasteiger partial charge >= 0.3 is 0 Å². The third kappa shape index (κ3) is 1.53. The fourth-order valence-electron chi connectivity index (χ4n) is 1.10. The maximum Gasteiger partial charge on any atom is 0.181 e. The van der Waals surface area contributed by atoms with E-state index in [-0.39, 0.29) is 11.8 Å². The summed E-state index contributed by atoms with van der Waals surface area (Å²) in [5, 5.41) is 9.58. The van der Waals surface area contributed by atoms with Crippen LogP contribution in [0.4, 0.5) is 0 Å². The van der Waals surface area contributed by atoms with Gasteiger partial charge in [-0.2, -0.15) is 0 Å². The van der Waals surface area contributed by atoms with Crippen LogP contribution in [-0.4, -0.2) is 24.2 Å². The lowest BCUT2D eigenvalue weighted by Crippen LogP contribution is -2.29. The average molecular weight is 138 g/mol. The van der Waals surface area contributed by atoms with Gasteiger partial charge in [-0.05, 0) is 25.3 Å². The molecular weight excluding hydrogens is 128 g/mol. The fraction of sp³-hybridized carbons (Fsp3) is 0.571. The molecule has 1 fully saturated rings. The number of nitrogens with one attached hydrogen (secondary N) is 2. The van der Waals surface area contributed by atoms with E-state index in [0.29, 0.717) is 0 Å². The minimum atomic E-state index is -0.0437. The molecule has 0 bridgehead atoms. The fourth-order valence-corrected chi connectivity index (χ4v) is 1.10. The van der Waals surface area contributed by atoms with Crippen molar-refractivity contribution in [2.75, 3.05) is 6.54 Å². The third-order valence-electron chi connectivity index (χ3n) is 1.62. The Morgan fingerprint density at radius 3 is 3.10 bits per heavy atom. The van der Waals surface area contributed by atoms with Crippen LogP contribution in [0, 0.1) is 5.41 Å². The van der Waals surface area contributed by atoms with Crippen LogP contribution in [0.25, 0.3) is 0 Å². The summed E-state index contributed by atoms with van der Waals surface area (Å²) in [5.41, 5.74) is 0. The van der Waals surface area contributed by atoms with Gasteiger partial charge in [0.05, 0.1) is 6.04 Å². The average Bonchev–Trinajstić information content (AvgIpc) is 2.38. The van der Waals surface area contributed by atoms with Crippen LogP contribution in [0.5, 0.6) is 0 Å². The topological polar surface area (TPSA) is 53.0 Å². The molecule has 0 aromatic heterocycles. The highest BCUT2D eigenvalue weighted by Gasteiger charge is 2.19. The largest absolute Gasteiger partial charge is 0.307 e. The van der Waals surface area contributed by atoms with E-state index >= 15 is 0 Å². The van der Waals surface area contributed by atoms with Gasteiger partial charge in [0.1, 0.15) is 0 Å². The molecule has 3 nitrogen and oxygen atoms in total. The van der Waals surface area contributed by atoms with Gasteiger partial charge in [0.15, 0.2) is 5.78 Å². The van der Waals surface area contributed by atoms with Crippen molar-refractivity contribution in [2.24, 2.45) is 0 Å². The minimum absolute atomic E-state index is 0.0208. The molecule has 0 aliphatic carbocycles. The lowest BCUT2D eigenvalue weighted by molar-refractivity contribution is -0.116. The van der Waals surface area contributed by atoms with Crippen LogP contribution in [0.2, 0.25) is 0 Å². The van der Waals surface area contributed by atoms with Crippen molar-refractivity contribution in [3.05, 3.63) is 6.08 Å². The van der Waals surface area contributed by atoms with Gasteiger partial charge in [0, 0.05) is 6.08 Å². The van der Waals surface area contributed by atoms with E-state index < -0.39 is 0 Å². The molecule has 54 valence electrons. The maximum absolute atomic E-state index is 10.9. The second kappa shape index (κ2) is 3.30. The highest BCUT2D eigenvalue weighted by molar-refractivity contribution is 6.00. The van der Waals surface area contributed by atoms with Gasteiger partial charge in [0.2, 0.25) is 0 Å². The van der Waals surface area contributed by atoms with E-state index in [1.165, 1.54) is 6.08 Å². The van der Waals surface area contributed by atoms with Crippen LogP contribution >= 0.6 is 0 Å². The van der Waals surface area contributed by atoms with E-state index in [4.69, 9.17) is 5.41 Å². The number of rotatable bonds is 2. The van der Waals surface area contributed by atoms with Crippen molar-refractivity contribution >= 4 is 11.7 Å². The van der Waals surface area contributed by atoms with Crippen molar-refractivity contribution in [1.29, 1.82) is 5.41 Å². The first-order chi connectivity index (χ1) is 4.84. The summed E-state index contributed by atoms with van der Waals surface area (Å²) in [6.45, 7) is 0.919. The van der Waals surface area contributed by atoms with Gasteiger partial charge in [-0.25, -0.2) is 0 Å². The molecule has 0 aromatic carbocycles. The van der Waals surface area contributed by atoms with Crippen molar-refractivity contribution in [3.63, 3.8) is 0 Å². The molecule has 1 rings (SSSR count). The molecule has 1 aliphatic rings. The van der Waals surface area contributed by atoms with Gasteiger partial charge in [-0.3, -0.25) is 10.2 Å². The zero-order valence-corrected chi connectivity index (χ0v) is 5.68. The first kappa shape index (κ1) is 7.19. The van der Waals surface area contributed by atoms with E-state index in [2.05, 4.69) is 5.32 Å². The second-order valence-corrected chi connectivity index (χ2v) is 2.34. The molecule has 0 radical (unpaired) electrons. The zero-order valence-electron chi connectivity index (χ0n) is 5.68. The molecule has 1 atom stereocenters. The number of ketones is 1. The lowest BCUT2D eigenvalue weighted by Gasteiger charge is -2.01. The van der Waals surface area contributed by atoms with Gasteiger partial charge in [-0.1, -0.05) is 0 Å². The van der Waals surface area contributed by atoms with Crippen LogP contribution < -0.4 is 5.32 Å². The molecular formula is C7H10N2O. The molecule has 2 N–H and O–H groups in total. The van der Waals surface area contributed by atoms with Gasteiger partial charge < -0.3 is 5.32 Å². The number of hydrogen-bond acceptors (Lipinski definition) is 3. The second-order valence-electron chi connectivity index (χ2n) is 2.34. The Hall–Kier alpha value is -0.920. The minimum Gasteiger partial charge on any atom is -0.307 e. The lowest BCUT2D eigenvalue weighted by atomic mass is 10.1. The van der Waals surface area contributed by atoms with Crippen molar-refractivity contribution in [2.45, 2.75) is 18.9 Å². The summed E-state index contributed by atoms with van der Waals surface area (Å²) in [4.78, 5) is 10.9.